The van der Waals surface area contributed by atoms with Crippen molar-refractivity contribution < 1.29 is 24.2 Å². The molecule has 0 aliphatic heterocycles. The fourth-order valence-corrected chi connectivity index (χ4v) is 1.67. The van der Waals surface area contributed by atoms with E-state index >= 15 is 0 Å². The van der Waals surface area contributed by atoms with E-state index in [0.717, 1.165) is 5.56 Å². The largest absolute Gasteiger partial charge is 0.707 e. The summed E-state index contributed by atoms with van der Waals surface area (Å²) >= 11 is 0. The molecule has 6 heteroatoms. The highest BCUT2D eigenvalue weighted by molar-refractivity contribution is 6.34. The topological polar surface area (TPSA) is 76.0 Å². The van der Waals surface area contributed by atoms with Gasteiger partial charge in [-0.1, -0.05) is 29.8 Å². The Kier molecular flexibility index (Phi) is 4.39. The highest BCUT2D eigenvalue weighted by Crippen LogP contribution is 2.22. The van der Waals surface area contributed by atoms with Crippen molar-refractivity contribution >= 4 is 13.3 Å². The van der Waals surface area contributed by atoms with E-state index in [1.165, 1.54) is 6.07 Å². The lowest BCUT2D eigenvalue weighted by atomic mass is 10.1. The Bertz CT molecular complexity index is 598. The van der Waals surface area contributed by atoms with Gasteiger partial charge in [-0.2, -0.15) is 0 Å². The summed E-state index contributed by atoms with van der Waals surface area (Å²) in [4.78, 5) is 12.1. The first-order valence-electron chi connectivity index (χ1n) is 5.97. The molecule has 0 heterocycles. The molecule has 20 heavy (non-hydrogen) atoms. The summed E-state index contributed by atoms with van der Waals surface area (Å²) in [5.41, 5.74) is 0.951. The van der Waals surface area contributed by atoms with Gasteiger partial charge in [0.15, 0.2) is 0 Å². The number of hydrogen-bond donors (Lipinski definition) is 2. The quantitative estimate of drug-likeness (QED) is 0.502. The van der Waals surface area contributed by atoms with Gasteiger partial charge in [-0.25, -0.2) is 4.79 Å². The van der Waals surface area contributed by atoms with E-state index in [0.29, 0.717) is 5.75 Å². The number of benzene rings is 2. The zero-order valence-corrected chi connectivity index (χ0v) is 10.8. The molecule has 0 radical (unpaired) electrons. The zero-order chi connectivity index (χ0) is 14.5. The van der Waals surface area contributed by atoms with Crippen molar-refractivity contribution in [2.75, 3.05) is 0 Å². The van der Waals surface area contributed by atoms with Crippen LogP contribution in [0, 0.1) is 6.92 Å². The minimum Gasteiger partial charge on any atom is -0.511 e. The van der Waals surface area contributed by atoms with Crippen LogP contribution in [0.15, 0.2) is 48.5 Å². The van der Waals surface area contributed by atoms with E-state index in [-0.39, 0.29) is 11.3 Å². The summed E-state index contributed by atoms with van der Waals surface area (Å²) in [5, 5.41) is 17.7. The molecule has 2 aromatic rings. The Hall–Kier alpha value is -2.31. The lowest BCUT2D eigenvalue weighted by Crippen LogP contribution is -2.22. The third kappa shape index (κ3) is 3.60. The second kappa shape index (κ2) is 6.23. The third-order valence-electron chi connectivity index (χ3n) is 2.54. The fraction of sp³-hybridized carbons (Fsp3) is 0.0714. The number of ether oxygens (including phenoxy) is 1. The first kappa shape index (κ1) is 14.1. The molecule has 2 rings (SSSR count). The highest BCUT2D eigenvalue weighted by Gasteiger charge is 2.20. The lowest BCUT2D eigenvalue weighted by Gasteiger charge is -2.11. The Morgan fingerprint density at radius 2 is 1.80 bits per heavy atom. The SMILES string of the molecule is Cc1ccc(OB(O)O)c(C(=O)Oc2ccccc2)c1. The van der Waals surface area contributed by atoms with E-state index in [1.807, 2.05) is 0 Å². The van der Waals surface area contributed by atoms with Crippen LogP contribution in [0.5, 0.6) is 11.5 Å². The Labute approximate surface area is 116 Å². The molecule has 0 fully saturated rings. The molecule has 0 unspecified atom stereocenters. The van der Waals surface area contributed by atoms with Crippen molar-refractivity contribution in [1.29, 1.82) is 0 Å². The molecular weight excluding hydrogens is 259 g/mol. The molecule has 5 nitrogen and oxygen atoms in total. The van der Waals surface area contributed by atoms with Crippen LogP contribution < -0.4 is 9.39 Å². The van der Waals surface area contributed by atoms with Crippen LogP contribution in [0.1, 0.15) is 15.9 Å². The van der Waals surface area contributed by atoms with Gasteiger partial charge < -0.3 is 19.4 Å². The second-order valence-corrected chi connectivity index (χ2v) is 4.15. The van der Waals surface area contributed by atoms with Crippen molar-refractivity contribution in [3.05, 3.63) is 59.7 Å². The van der Waals surface area contributed by atoms with Crippen LogP contribution >= 0.6 is 0 Å². The van der Waals surface area contributed by atoms with Crippen molar-refractivity contribution in [3.8, 4) is 11.5 Å². The minimum absolute atomic E-state index is 0.0477. The summed E-state index contributed by atoms with van der Waals surface area (Å²) in [5.74, 6) is -0.184. The zero-order valence-electron chi connectivity index (χ0n) is 10.8. The van der Waals surface area contributed by atoms with E-state index in [1.54, 1.807) is 49.4 Å². The number of para-hydroxylation sites is 1. The average Bonchev–Trinajstić information content (AvgIpc) is 2.41. The summed E-state index contributed by atoms with van der Waals surface area (Å²) < 4.78 is 9.96. The predicted octanol–water partition coefficient (Wildman–Crippen LogP) is 1.56. The molecule has 0 amide bonds. The lowest BCUT2D eigenvalue weighted by molar-refractivity contribution is 0.0732. The van der Waals surface area contributed by atoms with E-state index in [4.69, 9.17) is 19.4 Å². The van der Waals surface area contributed by atoms with E-state index in [9.17, 15) is 4.79 Å². The third-order valence-corrected chi connectivity index (χ3v) is 2.54. The Morgan fingerprint density at radius 3 is 2.45 bits per heavy atom. The second-order valence-electron chi connectivity index (χ2n) is 4.15. The first-order chi connectivity index (χ1) is 9.56. The minimum atomic E-state index is -2.00. The molecule has 0 aromatic heterocycles. The fourth-order valence-electron chi connectivity index (χ4n) is 1.67. The van der Waals surface area contributed by atoms with Gasteiger partial charge >= 0.3 is 13.3 Å². The normalized spacial score (nSPS) is 9.95. The van der Waals surface area contributed by atoms with Gasteiger partial charge in [0.2, 0.25) is 0 Å². The molecule has 0 spiro atoms. The Balaban J connectivity index is 2.26. The monoisotopic (exact) mass is 272 g/mol. The molecule has 2 N–H and O–H groups in total. The molecule has 0 atom stereocenters. The average molecular weight is 272 g/mol. The number of carbonyl (C=O) groups is 1. The van der Waals surface area contributed by atoms with Crippen molar-refractivity contribution in [3.63, 3.8) is 0 Å². The Morgan fingerprint density at radius 1 is 1.10 bits per heavy atom. The van der Waals surface area contributed by atoms with E-state index < -0.39 is 13.3 Å². The van der Waals surface area contributed by atoms with Crippen LogP contribution in [0.3, 0.4) is 0 Å². The molecule has 2 aromatic carbocycles. The molecule has 0 bridgehead atoms. The maximum absolute atomic E-state index is 12.1. The van der Waals surface area contributed by atoms with Crippen LogP contribution in [0.4, 0.5) is 0 Å². The maximum atomic E-state index is 12.1. The maximum Gasteiger partial charge on any atom is 0.707 e. The number of esters is 1. The van der Waals surface area contributed by atoms with Gasteiger partial charge in [0.05, 0.1) is 0 Å². The number of carbonyl (C=O) groups excluding carboxylic acids is 1. The van der Waals surface area contributed by atoms with Gasteiger partial charge in [0.1, 0.15) is 17.1 Å². The van der Waals surface area contributed by atoms with Crippen LogP contribution in [0.2, 0.25) is 0 Å². The molecule has 0 aliphatic rings. The van der Waals surface area contributed by atoms with Gasteiger partial charge in [-0.05, 0) is 31.2 Å². The van der Waals surface area contributed by atoms with E-state index in [2.05, 4.69) is 0 Å². The molecule has 102 valence electrons. The number of hydrogen-bond acceptors (Lipinski definition) is 5. The first-order valence-corrected chi connectivity index (χ1v) is 5.97. The van der Waals surface area contributed by atoms with Crippen LogP contribution in [0.25, 0.3) is 0 Å². The predicted molar refractivity (Wildman–Crippen MR) is 73.4 cm³/mol. The van der Waals surface area contributed by atoms with Crippen molar-refractivity contribution in [1.82, 2.24) is 0 Å². The standard InChI is InChI=1S/C14H13BO5/c1-10-7-8-13(20-15(17)18)12(9-10)14(16)19-11-5-3-2-4-6-11/h2-9,17-18H,1H3. The summed E-state index contributed by atoms with van der Waals surface area (Å²) in [6.45, 7) is 1.80. The smallest absolute Gasteiger partial charge is 0.511 e. The molecule has 0 aliphatic carbocycles. The highest BCUT2D eigenvalue weighted by atomic mass is 16.6. The van der Waals surface area contributed by atoms with Crippen molar-refractivity contribution in [2.45, 2.75) is 6.92 Å². The molecular formula is C14H13BO5. The summed E-state index contributed by atoms with van der Waals surface area (Å²) in [6.07, 6.45) is 0. The molecule has 0 saturated carbocycles. The summed E-state index contributed by atoms with van der Waals surface area (Å²) in [6, 6.07) is 13.3. The van der Waals surface area contributed by atoms with Gasteiger partial charge in [0, 0.05) is 0 Å². The summed E-state index contributed by atoms with van der Waals surface area (Å²) in [7, 11) is -2.00. The van der Waals surface area contributed by atoms with Gasteiger partial charge in [-0.3, -0.25) is 0 Å². The van der Waals surface area contributed by atoms with Crippen LogP contribution in [-0.4, -0.2) is 23.3 Å². The number of aryl methyl sites for hydroxylation is 1. The number of rotatable bonds is 4. The van der Waals surface area contributed by atoms with Gasteiger partial charge in [0.25, 0.3) is 0 Å². The van der Waals surface area contributed by atoms with Crippen molar-refractivity contribution in [2.24, 2.45) is 0 Å². The molecule has 0 saturated heterocycles. The van der Waals surface area contributed by atoms with Crippen LogP contribution in [-0.2, 0) is 0 Å². The van der Waals surface area contributed by atoms with Gasteiger partial charge in [-0.15, -0.1) is 0 Å².